The van der Waals surface area contributed by atoms with Crippen molar-refractivity contribution in [2.75, 3.05) is 6.54 Å². The summed E-state index contributed by atoms with van der Waals surface area (Å²) in [5.41, 5.74) is 5.48. The Labute approximate surface area is 142 Å². The molecule has 1 aromatic rings. The van der Waals surface area contributed by atoms with Gasteiger partial charge < -0.3 is 24.2 Å². The summed E-state index contributed by atoms with van der Waals surface area (Å²) in [4.78, 5) is 36.7. The van der Waals surface area contributed by atoms with Gasteiger partial charge in [-0.1, -0.05) is 0 Å². The first-order valence-electron chi connectivity index (χ1n) is 7.55. The van der Waals surface area contributed by atoms with Gasteiger partial charge in [-0.3, -0.25) is 4.79 Å². The minimum atomic E-state index is -3.81. The molecule has 1 aromatic heterocycles. The SMILES string of the molecule is Cc1oc(=O)oc1COC(=O)[C@@H]1N2C(=O)[C@@H](CN)[C@H]2S(=O)(=O)C1(C)C. The van der Waals surface area contributed by atoms with E-state index in [4.69, 9.17) is 14.9 Å². The lowest BCUT2D eigenvalue weighted by Crippen LogP contribution is -2.65. The molecule has 2 aliphatic rings. The summed E-state index contributed by atoms with van der Waals surface area (Å²) in [5.74, 6) is -3.01. The normalized spacial score (nSPS) is 29.2. The van der Waals surface area contributed by atoms with Gasteiger partial charge in [-0.15, -0.1) is 0 Å². The molecule has 0 unspecified atom stereocenters. The van der Waals surface area contributed by atoms with Crippen molar-refractivity contribution < 1.29 is 31.6 Å². The maximum absolute atomic E-state index is 12.7. The van der Waals surface area contributed by atoms with E-state index in [1.54, 1.807) is 0 Å². The Morgan fingerprint density at radius 3 is 2.48 bits per heavy atom. The van der Waals surface area contributed by atoms with Crippen LogP contribution in [0.15, 0.2) is 13.6 Å². The van der Waals surface area contributed by atoms with Crippen LogP contribution in [-0.4, -0.2) is 47.9 Å². The topological polar surface area (TPSA) is 150 Å². The van der Waals surface area contributed by atoms with Crippen molar-refractivity contribution >= 4 is 21.7 Å². The van der Waals surface area contributed by atoms with Gasteiger partial charge in [0, 0.05) is 6.54 Å². The van der Waals surface area contributed by atoms with Crippen molar-refractivity contribution in [2.24, 2.45) is 11.7 Å². The summed E-state index contributed by atoms with van der Waals surface area (Å²) >= 11 is 0. The van der Waals surface area contributed by atoms with Gasteiger partial charge >= 0.3 is 11.8 Å². The molecule has 0 spiro atoms. The number of β-lactam (4-membered cyclic amide) rings is 1. The third-order valence-electron chi connectivity index (χ3n) is 4.84. The Morgan fingerprint density at radius 1 is 1.32 bits per heavy atom. The number of ether oxygens (including phenoxy) is 1. The van der Waals surface area contributed by atoms with E-state index in [0.29, 0.717) is 0 Å². The summed E-state index contributed by atoms with van der Waals surface area (Å²) < 4.78 is 38.3. The molecule has 0 saturated carbocycles. The minimum Gasteiger partial charge on any atom is -0.456 e. The Kier molecular flexibility index (Phi) is 3.84. The molecule has 2 N–H and O–H groups in total. The van der Waals surface area contributed by atoms with Gasteiger partial charge in [-0.25, -0.2) is 18.0 Å². The zero-order chi connectivity index (χ0) is 18.7. The fourth-order valence-corrected chi connectivity index (χ4v) is 5.66. The van der Waals surface area contributed by atoms with Crippen LogP contribution in [0, 0.1) is 12.8 Å². The predicted molar refractivity (Wildman–Crippen MR) is 81.7 cm³/mol. The monoisotopic (exact) mass is 374 g/mol. The van der Waals surface area contributed by atoms with Crippen LogP contribution in [0.5, 0.6) is 0 Å². The number of rotatable bonds is 4. The molecular weight excluding hydrogens is 356 g/mol. The van der Waals surface area contributed by atoms with Gasteiger partial charge in [0.1, 0.15) is 11.4 Å². The van der Waals surface area contributed by atoms with Gasteiger partial charge in [0.15, 0.2) is 28.0 Å². The standard InChI is InChI=1S/C14H18N2O8S/c1-6-8(24-13(19)23-6)5-22-12(18)9-14(2,3)25(20,21)11-7(4-15)10(17)16(9)11/h7,9,11H,4-5,15H2,1-3H3/t7-,9+,11-/m1/s1. The highest BCUT2D eigenvalue weighted by atomic mass is 32.2. The average molecular weight is 374 g/mol. The molecule has 2 aliphatic heterocycles. The number of nitrogens with zero attached hydrogens (tertiary/aromatic N) is 1. The third kappa shape index (κ3) is 2.25. The molecule has 2 saturated heterocycles. The van der Waals surface area contributed by atoms with Crippen molar-refractivity contribution in [3.8, 4) is 0 Å². The van der Waals surface area contributed by atoms with E-state index in [-0.39, 0.29) is 18.1 Å². The number of amides is 1. The van der Waals surface area contributed by atoms with Gasteiger partial charge in [-0.05, 0) is 20.8 Å². The molecule has 0 aliphatic carbocycles. The fraction of sp³-hybridized carbons (Fsp3) is 0.643. The second kappa shape index (κ2) is 5.43. The summed E-state index contributed by atoms with van der Waals surface area (Å²) in [5, 5.41) is -1.12. The largest absolute Gasteiger partial charge is 0.519 e. The molecule has 3 heterocycles. The van der Waals surface area contributed by atoms with Crippen LogP contribution >= 0.6 is 0 Å². The van der Waals surface area contributed by atoms with Crippen LogP contribution in [0.3, 0.4) is 0 Å². The first-order valence-corrected chi connectivity index (χ1v) is 9.10. The van der Waals surface area contributed by atoms with E-state index in [1.807, 2.05) is 0 Å². The van der Waals surface area contributed by atoms with Crippen molar-refractivity contribution in [1.82, 2.24) is 4.90 Å². The van der Waals surface area contributed by atoms with Gasteiger partial charge in [0.2, 0.25) is 5.91 Å². The van der Waals surface area contributed by atoms with E-state index in [2.05, 4.69) is 4.42 Å². The van der Waals surface area contributed by atoms with E-state index < -0.39 is 56.2 Å². The molecule has 0 aromatic carbocycles. The molecular formula is C14H18N2O8S. The Hall–Kier alpha value is -2.14. The summed E-state index contributed by atoms with van der Waals surface area (Å²) in [6.45, 7) is 3.68. The minimum absolute atomic E-state index is 0.0170. The third-order valence-corrected chi connectivity index (χ3v) is 7.72. The smallest absolute Gasteiger partial charge is 0.456 e. The molecule has 1 amide bonds. The maximum Gasteiger partial charge on any atom is 0.519 e. The second-order valence-electron chi connectivity index (χ2n) is 6.57. The number of hydrogen-bond donors (Lipinski definition) is 1. The molecule has 25 heavy (non-hydrogen) atoms. The van der Waals surface area contributed by atoms with Crippen LogP contribution in [0.1, 0.15) is 25.4 Å². The molecule has 0 radical (unpaired) electrons. The van der Waals surface area contributed by atoms with Crippen LogP contribution in [-0.2, 0) is 30.8 Å². The first kappa shape index (κ1) is 17.7. The molecule has 2 fully saturated rings. The number of carbonyl (C=O) groups is 2. The zero-order valence-corrected chi connectivity index (χ0v) is 14.7. The highest BCUT2D eigenvalue weighted by Gasteiger charge is 2.71. The van der Waals surface area contributed by atoms with Crippen LogP contribution in [0.2, 0.25) is 0 Å². The van der Waals surface area contributed by atoms with E-state index >= 15 is 0 Å². The van der Waals surface area contributed by atoms with E-state index in [9.17, 15) is 22.8 Å². The van der Waals surface area contributed by atoms with E-state index in [1.165, 1.54) is 20.8 Å². The summed E-state index contributed by atoms with van der Waals surface area (Å²) in [7, 11) is -3.81. The van der Waals surface area contributed by atoms with Crippen LogP contribution in [0.25, 0.3) is 0 Å². The summed E-state index contributed by atoms with van der Waals surface area (Å²) in [6.07, 6.45) is 0. The number of aryl methyl sites for hydroxylation is 1. The predicted octanol–water partition coefficient (Wildman–Crippen LogP) is -1.10. The average Bonchev–Trinajstić information content (AvgIpc) is 2.90. The zero-order valence-electron chi connectivity index (χ0n) is 13.8. The lowest BCUT2D eigenvalue weighted by atomic mass is 9.92. The van der Waals surface area contributed by atoms with Crippen LogP contribution in [0.4, 0.5) is 0 Å². The first-order chi connectivity index (χ1) is 11.5. The molecule has 3 atom stereocenters. The Balaban J connectivity index is 1.85. The number of nitrogens with two attached hydrogens (primary N) is 1. The van der Waals surface area contributed by atoms with E-state index in [0.717, 1.165) is 4.90 Å². The fourth-order valence-electron chi connectivity index (χ4n) is 3.33. The van der Waals surface area contributed by atoms with Crippen molar-refractivity contribution in [3.63, 3.8) is 0 Å². The number of hydrogen-bond acceptors (Lipinski definition) is 9. The quantitative estimate of drug-likeness (QED) is 0.512. The number of fused-ring (bicyclic) bond motifs is 1. The lowest BCUT2D eigenvalue weighted by molar-refractivity contribution is -0.167. The molecule has 11 heteroatoms. The Morgan fingerprint density at radius 2 is 1.96 bits per heavy atom. The van der Waals surface area contributed by atoms with Crippen molar-refractivity contribution in [2.45, 2.75) is 43.5 Å². The molecule has 3 rings (SSSR count). The van der Waals surface area contributed by atoms with Gasteiger partial charge in [0.05, 0.1) is 10.7 Å². The Bertz CT molecular complexity index is 896. The van der Waals surface area contributed by atoms with Gasteiger partial charge in [-0.2, -0.15) is 0 Å². The summed E-state index contributed by atoms with van der Waals surface area (Å²) in [6, 6.07) is -1.29. The van der Waals surface area contributed by atoms with Gasteiger partial charge in [0.25, 0.3) is 0 Å². The number of carbonyl (C=O) groups excluding carboxylic acids is 2. The molecule has 0 bridgehead atoms. The van der Waals surface area contributed by atoms with Crippen molar-refractivity contribution in [3.05, 3.63) is 22.1 Å². The molecule has 138 valence electrons. The molecule has 10 nitrogen and oxygen atoms in total. The maximum atomic E-state index is 12.7. The highest BCUT2D eigenvalue weighted by molar-refractivity contribution is 7.93. The number of sulfone groups is 1. The lowest BCUT2D eigenvalue weighted by Gasteiger charge is -2.42. The van der Waals surface area contributed by atoms with Crippen molar-refractivity contribution in [1.29, 1.82) is 0 Å². The second-order valence-corrected chi connectivity index (χ2v) is 9.20. The highest BCUT2D eigenvalue weighted by Crippen LogP contribution is 2.48. The van der Waals surface area contributed by atoms with Crippen LogP contribution < -0.4 is 11.6 Å². The number of esters is 1.